The fourth-order valence-corrected chi connectivity index (χ4v) is 11.1. The third-order valence-corrected chi connectivity index (χ3v) is 14.2. The SMILES string of the molecule is c1ccc(-c2nc(-c3ccc4sc5ccccc5c4c3)nc(-c3ccc(-n4c5ccccc5c5cc6ccccc6cc54)cc3-c3cccc4oc5ccc6ccccc6c5c34)n2)cc1. The van der Waals surface area contributed by atoms with E-state index in [9.17, 15) is 0 Å². The lowest BCUT2D eigenvalue weighted by Gasteiger charge is -2.16. The van der Waals surface area contributed by atoms with Crippen molar-refractivity contribution in [1.82, 2.24) is 19.5 Å². The molecule has 0 unspecified atom stereocenters. The monoisotopic (exact) mass is 846 g/mol. The van der Waals surface area contributed by atoms with Gasteiger partial charge in [0, 0.05) is 64.1 Å². The van der Waals surface area contributed by atoms with Crippen LogP contribution in [-0.4, -0.2) is 19.5 Å². The van der Waals surface area contributed by atoms with Crippen molar-refractivity contribution >= 4 is 96.8 Å². The zero-order valence-electron chi connectivity index (χ0n) is 34.7. The standard InChI is InChI=1S/C59H34N4OS/c1-2-14-36(15-3-1)57-60-58(39-26-30-54-48(32-39)43-20-9-11-24-53(43)65-54)62-59(61-57)45-28-27-40(63-49-22-10-8-19-42(49)47-31-37-16-4-5-17-38(37)33-50(47)63)34-46(45)44-21-12-23-51-56(44)55-41-18-7-6-13-35(41)25-29-52(55)64-51/h1-34H. The summed E-state index contributed by atoms with van der Waals surface area (Å²) in [6.45, 7) is 0. The van der Waals surface area contributed by atoms with Crippen LogP contribution in [0.2, 0.25) is 0 Å². The number of benzene rings is 10. The van der Waals surface area contributed by atoms with Crippen molar-refractivity contribution < 1.29 is 4.42 Å². The summed E-state index contributed by atoms with van der Waals surface area (Å²) in [7, 11) is 0. The summed E-state index contributed by atoms with van der Waals surface area (Å²) in [6.07, 6.45) is 0. The van der Waals surface area contributed by atoms with Gasteiger partial charge in [-0.2, -0.15) is 0 Å². The van der Waals surface area contributed by atoms with Gasteiger partial charge in [-0.25, -0.2) is 15.0 Å². The number of hydrogen-bond donors (Lipinski definition) is 0. The highest BCUT2D eigenvalue weighted by molar-refractivity contribution is 7.25. The van der Waals surface area contributed by atoms with Crippen molar-refractivity contribution in [2.75, 3.05) is 0 Å². The van der Waals surface area contributed by atoms with E-state index in [1.165, 1.54) is 41.7 Å². The molecule has 4 aromatic heterocycles. The van der Waals surface area contributed by atoms with Gasteiger partial charge in [0.2, 0.25) is 0 Å². The zero-order valence-corrected chi connectivity index (χ0v) is 35.6. The molecule has 0 amide bonds. The molecule has 0 saturated carbocycles. The number of thiophene rings is 1. The maximum atomic E-state index is 6.69. The van der Waals surface area contributed by atoms with E-state index in [2.05, 4.69) is 193 Å². The van der Waals surface area contributed by atoms with Crippen LogP contribution in [0.4, 0.5) is 0 Å². The summed E-state index contributed by atoms with van der Waals surface area (Å²) < 4.78 is 11.6. The smallest absolute Gasteiger partial charge is 0.164 e. The topological polar surface area (TPSA) is 56.7 Å². The zero-order chi connectivity index (χ0) is 42.6. The summed E-state index contributed by atoms with van der Waals surface area (Å²) in [5.74, 6) is 1.82. The number of fused-ring (bicyclic) bond motifs is 12. The number of para-hydroxylation sites is 1. The molecule has 4 heterocycles. The maximum Gasteiger partial charge on any atom is 0.164 e. The lowest BCUT2D eigenvalue weighted by Crippen LogP contribution is -2.02. The lowest BCUT2D eigenvalue weighted by molar-refractivity contribution is 0.669. The Morgan fingerprint density at radius 3 is 1.92 bits per heavy atom. The second kappa shape index (κ2) is 14.0. The Bertz CT molecular complexity index is 4260. The molecule has 0 aliphatic heterocycles. The number of aromatic nitrogens is 4. The predicted molar refractivity (Wildman–Crippen MR) is 271 cm³/mol. The molecule has 0 saturated heterocycles. The summed E-state index contributed by atoms with van der Waals surface area (Å²) >= 11 is 1.81. The summed E-state index contributed by atoms with van der Waals surface area (Å²) in [5.41, 5.74) is 9.77. The van der Waals surface area contributed by atoms with Crippen LogP contribution in [0, 0.1) is 0 Å². The van der Waals surface area contributed by atoms with Gasteiger partial charge < -0.3 is 8.98 Å². The van der Waals surface area contributed by atoms with Crippen molar-refractivity contribution in [2.24, 2.45) is 0 Å². The van der Waals surface area contributed by atoms with E-state index in [4.69, 9.17) is 19.4 Å². The van der Waals surface area contributed by atoms with Gasteiger partial charge in [0.25, 0.3) is 0 Å². The maximum absolute atomic E-state index is 6.69. The minimum absolute atomic E-state index is 0.591. The molecular weight excluding hydrogens is 813 g/mol. The molecule has 0 radical (unpaired) electrons. The average molecular weight is 847 g/mol. The van der Waals surface area contributed by atoms with Crippen LogP contribution in [0.25, 0.3) is 136 Å². The molecule has 10 aromatic carbocycles. The highest BCUT2D eigenvalue weighted by Gasteiger charge is 2.23. The fourth-order valence-electron chi connectivity index (χ4n) is 10.0. The van der Waals surface area contributed by atoms with E-state index in [0.29, 0.717) is 17.5 Å². The van der Waals surface area contributed by atoms with Crippen molar-refractivity contribution in [3.05, 3.63) is 206 Å². The van der Waals surface area contributed by atoms with E-state index < -0.39 is 0 Å². The van der Waals surface area contributed by atoms with Crippen LogP contribution in [0.15, 0.2) is 211 Å². The van der Waals surface area contributed by atoms with Gasteiger partial charge in [0.15, 0.2) is 17.5 Å². The lowest BCUT2D eigenvalue weighted by atomic mass is 9.93. The van der Waals surface area contributed by atoms with Crippen LogP contribution in [0.3, 0.4) is 0 Å². The number of rotatable bonds is 5. The third-order valence-electron chi connectivity index (χ3n) is 13.0. The van der Waals surface area contributed by atoms with E-state index in [1.807, 2.05) is 18.2 Å². The summed E-state index contributed by atoms with van der Waals surface area (Å²) in [4.78, 5) is 16.0. The Balaban J connectivity index is 1.08. The Morgan fingerprint density at radius 2 is 1.05 bits per heavy atom. The van der Waals surface area contributed by atoms with E-state index in [-0.39, 0.29) is 0 Å². The molecule has 0 bridgehead atoms. The first kappa shape index (κ1) is 36.1. The largest absolute Gasteiger partial charge is 0.456 e. The summed E-state index contributed by atoms with van der Waals surface area (Å²) in [5, 5.41) is 11.7. The molecule has 0 fully saturated rings. The molecular formula is C59H34N4OS. The average Bonchev–Trinajstić information content (AvgIpc) is 4.05. The normalized spacial score (nSPS) is 12.0. The van der Waals surface area contributed by atoms with Gasteiger partial charge in [0.05, 0.1) is 11.0 Å². The molecule has 0 N–H and O–H groups in total. The van der Waals surface area contributed by atoms with Crippen LogP contribution < -0.4 is 0 Å². The van der Waals surface area contributed by atoms with Gasteiger partial charge in [-0.3, -0.25) is 0 Å². The highest BCUT2D eigenvalue weighted by atomic mass is 32.1. The van der Waals surface area contributed by atoms with E-state index in [1.54, 1.807) is 11.3 Å². The van der Waals surface area contributed by atoms with Crippen molar-refractivity contribution in [3.8, 4) is 51.0 Å². The minimum atomic E-state index is 0.591. The van der Waals surface area contributed by atoms with Gasteiger partial charge >= 0.3 is 0 Å². The van der Waals surface area contributed by atoms with E-state index in [0.717, 1.165) is 77.2 Å². The number of nitrogens with zero attached hydrogens (tertiary/aromatic N) is 4. The van der Waals surface area contributed by atoms with Gasteiger partial charge in [-0.1, -0.05) is 133 Å². The molecule has 5 nitrogen and oxygen atoms in total. The summed E-state index contributed by atoms with van der Waals surface area (Å²) in [6, 6.07) is 73.3. The van der Waals surface area contributed by atoms with Crippen LogP contribution >= 0.6 is 11.3 Å². The molecule has 14 aromatic rings. The van der Waals surface area contributed by atoms with Crippen LogP contribution in [0.5, 0.6) is 0 Å². The molecule has 302 valence electrons. The molecule has 0 aliphatic rings. The number of hydrogen-bond acceptors (Lipinski definition) is 5. The molecule has 0 spiro atoms. The van der Waals surface area contributed by atoms with Crippen molar-refractivity contribution in [2.45, 2.75) is 0 Å². The predicted octanol–water partition coefficient (Wildman–Crippen LogP) is 16.2. The molecule has 0 atom stereocenters. The quantitative estimate of drug-likeness (QED) is 0.173. The van der Waals surface area contributed by atoms with Crippen LogP contribution in [-0.2, 0) is 0 Å². The molecule has 6 heteroatoms. The van der Waals surface area contributed by atoms with Gasteiger partial charge in [-0.15, -0.1) is 11.3 Å². The first-order chi connectivity index (χ1) is 32.2. The Kier molecular flexibility index (Phi) is 7.79. The molecule has 14 rings (SSSR count). The van der Waals surface area contributed by atoms with Crippen molar-refractivity contribution in [3.63, 3.8) is 0 Å². The Labute approximate surface area is 376 Å². The van der Waals surface area contributed by atoms with Crippen molar-refractivity contribution in [1.29, 1.82) is 0 Å². The second-order valence-corrected chi connectivity index (χ2v) is 17.8. The first-order valence-corrected chi connectivity index (χ1v) is 22.7. The molecule has 65 heavy (non-hydrogen) atoms. The highest BCUT2D eigenvalue weighted by Crippen LogP contribution is 2.45. The molecule has 0 aliphatic carbocycles. The first-order valence-electron chi connectivity index (χ1n) is 21.8. The minimum Gasteiger partial charge on any atom is -0.456 e. The third kappa shape index (κ3) is 5.61. The Hall–Kier alpha value is -8.45. The van der Waals surface area contributed by atoms with Gasteiger partial charge in [0.1, 0.15) is 11.2 Å². The van der Waals surface area contributed by atoms with E-state index >= 15 is 0 Å². The number of furan rings is 1. The second-order valence-electron chi connectivity index (χ2n) is 16.7. The van der Waals surface area contributed by atoms with Gasteiger partial charge in [-0.05, 0) is 105 Å². The van der Waals surface area contributed by atoms with Crippen LogP contribution in [0.1, 0.15) is 0 Å². The Morgan fingerprint density at radius 1 is 0.354 bits per heavy atom. The fraction of sp³-hybridized carbons (Fsp3) is 0.